The van der Waals surface area contributed by atoms with Crippen molar-refractivity contribution in [3.63, 3.8) is 0 Å². The van der Waals surface area contributed by atoms with Crippen LogP contribution >= 0.6 is 0 Å². The van der Waals surface area contributed by atoms with Crippen molar-refractivity contribution >= 4 is 10.9 Å². The second-order valence-electron chi connectivity index (χ2n) is 4.57. The first-order valence-corrected chi connectivity index (χ1v) is 6.57. The highest BCUT2D eigenvalue weighted by atomic mass is 14.8. The maximum Gasteiger partial charge on any atom is 0.0459 e. The minimum Gasteiger partial charge on any atom is -0.358 e. The summed E-state index contributed by atoms with van der Waals surface area (Å²) in [4.78, 5) is 3.48. The number of hydrogen-bond donors (Lipinski definition) is 2. The summed E-state index contributed by atoms with van der Waals surface area (Å²) in [5, 5.41) is 4.80. The molecule has 0 aliphatic rings. The molecule has 0 amide bonds. The Hall–Kier alpha value is -1.28. The molecule has 2 rings (SSSR count). The zero-order valence-electron chi connectivity index (χ0n) is 11.1. The number of nitrogens with one attached hydrogen (secondary N) is 2. The maximum absolute atomic E-state index is 3.48. The third-order valence-electron chi connectivity index (χ3n) is 3.39. The minimum atomic E-state index is 1.04. The standard InChI is InChI=1S/C15H22N2/c1-4-12-6-7-15-14(10-12)13(11(3)17-15)8-9-16-5-2/h6-7,10,16-17H,4-5,8-9H2,1-3H3. The Labute approximate surface area is 103 Å². The van der Waals surface area contributed by atoms with E-state index in [1.807, 2.05) is 0 Å². The molecule has 0 fully saturated rings. The molecular formula is C15H22N2. The van der Waals surface area contributed by atoms with Crippen molar-refractivity contribution in [2.45, 2.75) is 33.6 Å². The fourth-order valence-corrected chi connectivity index (χ4v) is 2.36. The lowest BCUT2D eigenvalue weighted by Crippen LogP contribution is -2.16. The third-order valence-corrected chi connectivity index (χ3v) is 3.39. The zero-order valence-corrected chi connectivity index (χ0v) is 11.1. The molecular weight excluding hydrogens is 208 g/mol. The largest absolute Gasteiger partial charge is 0.358 e. The number of aromatic amines is 1. The molecule has 0 atom stereocenters. The molecule has 1 aromatic heterocycles. The van der Waals surface area contributed by atoms with Gasteiger partial charge in [-0.3, -0.25) is 0 Å². The Balaban J connectivity index is 2.34. The monoisotopic (exact) mass is 230 g/mol. The van der Waals surface area contributed by atoms with Crippen LogP contribution in [0.2, 0.25) is 0 Å². The Kier molecular flexibility index (Phi) is 3.85. The van der Waals surface area contributed by atoms with Gasteiger partial charge in [0.2, 0.25) is 0 Å². The van der Waals surface area contributed by atoms with Crippen LogP contribution < -0.4 is 5.32 Å². The molecule has 0 saturated carbocycles. The van der Waals surface area contributed by atoms with Gasteiger partial charge in [0.25, 0.3) is 0 Å². The molecule has 2 aromatic rings. The molecule has 2 nitrogen and oxygen atoms in total. The predicted octanol–water partition coefficient (Wildman–Crippen LogP) is 3.19. The first-order chi connectivity index (χ1) is 8.26. The van der Waals surface area contributed by atoms with Crippen LogP contribution in [0.3, 0.4) is 0 Å². The number of aryl methyl sites for hydroxylation is 2. The number of likely N-dealkylation sites (N-methyl/N-ethyl adjacent to an activating group) is 1. The third kappa shape index (κ3) is 2.52. The molecule has 2 N–H and O–H groups in total. The number of fused-ring (bicyclic) bond motifs is 1. The van der Waals surface area contributed by atoms with Crippen molar-refractivity contribution in [2.75, 3.05) is 13.1 Å². The molecule has 17 heavy (non-hydrogen) atoms. The Morgan fingerprint density at radius 2 is 2.06 bits per heavy atom. The van der Waals surface area contributed by atoms with Crippen molar-refractivity contribution in [3.8, 4) is 0 Å². The van der Waals surface area contributed by atoms with Crippen LogP contribution in [-0.2, 0) is 12.8 Å². The van der Waals surface area contributed by atoms with E-state index in [4.69, 9.17) is 0 Å². The van der Waals surface area contributed by atoms with Gasteiger partial charge in [-0.05, 0) is 56.1 Å². The topological polar surface area (TPSA) is 27.8 Å². The Morgan fingerprint density at radius 1 is 1.24 bits per heavy atom. The number of hydrogen-bond acceptors (Lipinski definition) is 1. The van der Waals surface area contributed by atoms with E-state index < -0.39 is 0 Å². The summed E-state index contributed by atoms with van der Waals surface area (Å²) in [6.45, 7) is 8.63. The zero-order chi connectivity index (χ0) is 12.3. The van der Waals surface area contributed by atoms with Crippen LogP contribution in [-0.4, -0.2) is 18.1 Å². The summed E-state index contributed by atoms with van der Waals surface area (Å²) in [6.07, 6.45) is 2.21. The van der Waals surface area contributed by atoms with E-state index in [0.29, 0.717) is 0 Å². The van der Waals surface area contributed by atoms with E-state index in [0.717, 1.165) is 25.9 Å². The van der Waals surface area contributed by atoms with Crippen molar-refractivity contribution in [1.82, 2.24) is 10.3 Å². The highest BCUT2D eigenvalue weighted by molar-refractivity contribution is 5.85. The van der Waals surface area contributed by atoms with Gasteiger partial charge < -0.3 is 10.3 Å². The van der Waals surface area contributed by atoms with Crippen LogP contribution in [0.15, 0.2) is 18.2 Å². The van der Waals surface area contributed by atoms with Gasteiger partial charge in [0.1, 0.15) is 0 Å². The highest BCUT2D eigenvalue weighted by Gasteiger charge is 2.08. The van der Waals surface area contributed by atoms with Crippen LogP contribution in [0.4, 0.5) is 0 Å². The van der Waals surface area contributed by atoms with E-state index in [1.54, 1.807) is 0 Å². The molecule has 0 saturated heterocycles. The van der Waals surface area contributed by atoms with Crippen molar-refractivity contribution < 1.29 is 0 Å². The van der Waals surface area contributed by atoms with Crippen LogP contribution in [0, 0.1) is 6.92 Å². The molecule has 0 unspecified atom stereocenters. The van der Waals surface area contributed by atoms with Gasteiger partial charge in [0.15, 0.2) is 0 Å². The van der Waals surface area contributed by atoms with Gasteiger partial charge in [0, 0.05) is 16.6 Å². The smallest absolute Gasteiger partial charge is 0.0459 e. The van der Waals surface area contributed by atoms with E-state index in [9.17, 15) is 0 Å². The van der Waals surface area contributed by atoms with Crippen molar-refractivity contribution in [1.29, 1.82) is 0 Å². The van der Waals surface area contributed by atoms with Crippen LogP contribution in [0.25, 0.3) is 10.9 Å². The van der Waals surface area contributed by atoms with Gasteiger partial charge in [-0.25, -0.2) is 0 Å². The van der Waals surface area contributed by atoms with Crippen LogP contribution in [0.5, 0.6) is 0 Å². The second-order valence-corrected chi connectivity index (χ2v) is 4.57. The predicted molar refractivity (Wildman–Crippen MR) is 74.7 cm³/mol. The fourth-order valence-electron chi connectivity index (χ4n) is 2.36. The molecule has 1 aromatic carbocycles. The van der Waals surface area contributed by atoms with Crippen molar-refractivity contribution in [2.24, 2.45) is 0 Å². The van der Waals surface area contributed by atoms with E-state index in [1.165, 1.54) is 27.7 Å². The lowest BCUT2D eigenvalue weighted by Gasteiger charge is -2.03. The van der Waals surface area contributed by atoms with E-state index in [2.05, 4.69) is 49.3 Å². The number of aromatic nitrogens is 1. The summed E-state index contributed by atoms with van der Waals surface area (Å²) in [7, 11) is 0. The molecule has 0 radical (unpaired) electrons. The summed E-state index contributed by atoms with van der Waals surface area (Å²) in [6, 6.07) is 6.75. The normalized spacial score (nSPS) is 11.2. The molecule has 92 valence electrons. The lowest BCUT2D eigenvalue weighted by molar-refractivity contribution is 0.716. The van der Waals surface area contributed by atoms with E-state index >= 15 is 0 Å². The van der Waals surface area contributed by atoms with Gasteiger partial charge in [-0.1, -0.05) is 19.9 Å². The highest BCUT2D eigenvalue weighted by Crippen LogP contribution is 2.23. The first-order valence-electron chi connectivity index (χ1n) is 6.57. The molecule has 0 bridgehead atoms. The van der Waals surface area contributed by atoms with Crippen LogP contribution in [0.1, 0.15) is 30.7 Å². The quantitative estimate of drug-likeness (QED) is 0.759. The van der Waals surface area contributed by atoms with Gasteiger partial charge in [-0.2, -0.15) is 0 Å². The minimum absolute atomic E-state index is 1.04. The summed E-state index contributed by atoms with van der Waals surface area (Å²) in [5.74, 6) is 0. The number of benzene rings is 1. The average Bonchev–Trinajstić information content (AvgIpc) is 2.65. The number of H-pyrrole nitrogens is 1. The first kappa shape index (κ1) is 12.2. The lowest BCUT2D eigenvalue weighted by atomic mass is 10.0. The molecule has 0 aliphatic heterocycles. The summed E-state index contributed by atoms with van der Waals surface area (Å²) >= 11 is 0. The molecule has 2 heteroatoms. The molecule has 0 spiro atoms. The molecule has 0 aliphatic carbocycles. The number of rotatable bonds is 5. The van der Waals surface area contributed by atoms with Gasteiger partial charge >= 0.3 is 0 Å². The maximum atomic E-state index is 3.48. The average molecular weight is 230 g/mol. The van der Waals surface area contributed by atoms with Gasteiger partial charge in [-0.15, -0.1) is 0 Å². The summed E-state index contributed by atoms with van der Waals surface area (Å²) in [5.41, 5.74) is 5.47. The Morgan fingerprint density at radius 3 is 2.76 bits per heavy atom. The fraction of sp³-hybridized carbons (Fsp3) is 0.467. The summed E-state index contributed by atoms with van der Waals surface area (Å²) < 4.78 is 0. The second kappa shape index (κ2) is 5.37. The van der Waals surface area contributed by atoms with Crippen molar-refractivity contribution in [3.05, 3.63) is 35.0 Å². The Bertz CT molecular complexity index is 497. The SMILES string of the molecule is CCNCCc1c(C)[nH]c2ccc(CC)cc12. The van der Waals surface area contributed by atoms with E-state index in [-0.39, 0.29) is 0 Å². The van der Waals surface area contributed by atoms with Gasteiger partial charge in [0.05, 0.1) is 0 Å². The molecule has 1 heterocycles.